The Balaban J connectivity index is 2.22. The fraction of sp³-hybridized carbons (Fsp3) is 0.214. The summed E-state index contributed by atoms with van der Waals surface area (Å²) in [6.45, 7) is 3.72. The minimum absolute atomic E-state index is 0.0664. The van der Waals surface area contributed by atoms with Crippen LogP contribution in [0.1, 0.15) is 13.8 Å². The van der Waals surface area contributed by atoms with Crippen LogP contribution in [0.25, 0.3) is 0 Å². The van der Waals surface area contributed by atoms with Crippen LogP contribution in [-0.2, 0) is 0 Å². The van der Waals surface area contributed by atoms with Gasteiger partial charge in [-0.15, -0.1) is 0 Å². The van der Waals surface area contributed by atoms with Gasteiger partial charge >= 0.3 is 0 Å². The molecular weight excluding hydrogens is 264 g/mol. The van der Waals surface area contributed by atoms with Crippen molar-refractivity contribution < 1.29 is 13.5 Å². The van der Waals surface area contributed by atoms with E-state index < -0.39 is 11.6 Å². The average molecular weight is 279 g/mol. The first-order chi connectivity index (χ1) is 9.45. The van der Waals surface area contributed by atoms with E-state index in [1.165, 1.54) is 6.07 Å². The van der Waals surface area contributed by atoms with Crippen molar-refractivity contribution in [3.05, 3.63) is 42.0 Å². The Hall–Kier alpha value is -2.37. The third-order valence-electron chi connectivity index (χ3n) is 2.43. The van der Waals surface area contributed by atoms with Gasteiger partial charge in [-0.05, 0) is 38.1 Å². The summed E-state index contributed by atoms with van der Waals surface area (Å²) in [4.78, 5) is 4.19. The number of nitrogens with two attached hydrogens (primary N) is 1. The number of nitrogens with one attached hydrogen (secondary N) is 1. The van der Waals surface area contributed by atoms with E-state index in [1.54, 1.807) is 12.1 Å². The zero-order chi connectivity index (χ0) is 14.7. The highest BCUT2D eigenvalue weighted by Gasteiger charge is 2.08. The Morgan fingerprint density at radius 1 is 1.15 bits per heavy atom. The number of rotatable bonds is 4. The maximum atomic E-state index is 13.1. The molecule has 0 spiro atoms. The molecule has 3 N–H and O–H groups in total. The zero-order valence-electron chi connectivity index (χ0n) is 11.2. The van der Waals surface area contributed by atoms with Gasteiger partial charge in [-0.3, -0.25) is 0 Å². The van der Waals surface area contributed by atoms with Crippen LogP contribution in [0.2, 0.25) is 0 Å². The maximum absolute atomic E-state index is 13.1. The molecular formula is C14H15F2N3O. The number of anilines is 3. The first-order valence-corrected chi connectivity index (χ1v) is 6.11. The third kappa shape index (κ3) is 3.34. The van der Waals surface area contributed by atoms with Gasteiger partial charge in [0.05, 0.1) is 11.8 Å². The van der Waals surface area contributed by atoms with Crippen molar-refractivity contribution >= 4 is 17.2 Å². The van der Waals surface area contributed by atoms with Crippen molar-refractivity contribution in [2.24, 2.45) is 0 Å². The molecule has 1 heterocycles. The van der Waals surface area contributed by atoms with Gasteiger partial charge in [-0.25, -0.2) is 8.78 Å². The molecule has 0 aliphatic rings. The number of benzene rings is 1. The van der Waals surface area contributed by atoms with Crippen molar-refractivity contribution in [2.75, 3.05) is 11.1 Å². The topological polar surface area (TPSA) is 60.2 Å². The molecule has 4 nitrogen and oxygen atoms in total. The second-order valence-corrected chi connectivity index (χ2v) is 4.51. The van der Waals surface area contributed by atoms with Gasteiger partial charge in [0.25, 0.3) is 0 Å². The van der Waals surface area contributed by atoms with Crippen molar-refractivity contribution in [1.82, 2.24) is 4.98 Å². The van der Waals surface area contributed by atoms with Crippen LogP contribution < -0.4 is 15.8 Å². The zero-order valence-corrected chi connectivity index (χ0v) is 11.2. The van der Waals surface area contributed by atoms with Gasteiger partial charge in [0.1, 0.15) is 5.82 Å². The minimum atomic E-state index is -0.927. The van der Waals surface area contributed by atoms with Crippen molar-refractivity contribution in [3.63, 3.8) is 0 Å². The lowest BCUT2D eigenvalue weighted by atomic mass is 10.3. The van der Waals surface area contributed by atoms with Gasteiger partial charge in [0.15, 0.2) is 11.6 Å². The number of halogens is 2. The van der Waals surface area contributed by atoms with E-state index in [0.717, 1.165) is 12.1 Å². The molecule has 0 saturated heterocycles. The molecule has 0 amide bonds. The fourth-order valence-electron chi connectivity index (χ4n) is 1.56. The Bertz CT molecular complexity index is 617. The molecule has 0 radical (unpaired) electrons. The van der Waals surface area contributed by atoms with E-state index in [-0.39, 0.29) is 6.10 Å². The van der Waals surface area contributed by atoms with E-state index in [2.05, 4.69) is 10.3 Å². The summed E-state index contributed by atoms with van der Waals surface area (Å²) in [5, 5.41) is 2.86. The predicted molar refractivity (Wildman–Crippen MR) is 74.1 cm³/mol. The smallest absolute Gasteiger partial charge is 0.239 e. The number of hydrogen-bond acceptors (Lipinski definition) is 4. The van der Waals surface area contributed by atoms with E-state index in [0.29, 0.717) is 23.1 Å². The SMILES string of the molecule is CC(C)Oc1nc(Nc2ccc(F)c(F)c2)ccc1N. The summed E-state index contributed by atoms with van der Waals surface area (Å²) in [6.07, 6.45) is -0.0664. The number of ether oxygens (including phenoxy) is 1. The molecule has 0 aliphatic heterocycles. The predicted octanol–water partition coefficient (Wildman–Crippen LogP) is 3.47. The van der Waals surface area contributed by atoms with E-state index in [4.69, 9.17) is 10.5 Å². The molecule has 0 unspecified atom stereocenters. The first kappa shape index (κ1) is 14.0. The molecule has 1 aromatic carbocycles. The number of aromatic nitrogens is 1. The maximum Gasteiger partial charge on any atom is 0.239 e. The lowest BCUT2D eigenvalue weighted by Gasteiger charge is -2.13. The Kier molecular flexibility index (Phi) is 4.02. The van der Waals surface area contributed by atoms with Crippen LogP contribution in [0.4, 0.5) is 26.0 Å². The van der Waals surface area contributed by atoms with Crippen LogP contribution in [0, 0.1) is 11.6 Å². The monoisotopic (exact) mass is 279 g/mol. The molecule has 0 atom stereocenters. The largest absolute Gasteiger partial charge is 0.473 e. The Labute approximate surface area is 115 Å². The van der Waals surface area contributed by atoms with E-state index in [1.807, 2.05) is 13.8 Å². The molecule has 6 heteroatoms. The molecule has 106 valence electrons. The van der Waals surface area contributed by atoms with Crippen LogP contribution >= 0.6 is 0 Å². The molecule has 1 aromatic heterocycles. The summed E-state index contributed by atoms with van der Waals surface area (Å²) in [7, 11) is 0. The Morgan fingerprint density at radius 2 is 1.90 bits per heavy atom. The minimum Gasteiger partial charge on any atom is -0.473 e. The van der Waals surface area contributed by atoms with Crippen LogP contribution in [0.5, 0.6) is 5.88 Å². The summed E-state index contributed by atoms with van der Waals surface area (Å²) in [6, 6.07) is 6.77. The van der Waals surface area contributed by atoms with Crippen molar-refractivity contribution in [1.29, 1.82) is 0 Å². The van der Waals surface area contributed by atoms with E-state index in [9.17, 15) is 8.78 Å². The van der Waals surface area contributed by atoms with Gasteiger partial charge in [0.2, 0.25) is 5.88 Å². The second kappa shape index (κ2) is 5.73. The molecule has 0 bridgehead atoms. The standard InChI is InChI=1S/C14H15F2N3O/c1-8(2)20-14-12(17)5-6-13(19-14)18-9-3-4-10(15)11(16)7-9/h3-8H,17H2,1-2H3,(H,18,19). The third-order valence-corrected chi connectivity index (χ3v) is 2.43. The molecule has 0 fully saturated rings. The summed E-state index contributed by atoms with van der Waals surface area (Å²) >= 11 is 0. The summed E-state index contributed by atoms with van der Waals surface area (Å²) in [5.74, 6) is -1.10. The molecule has 2 aromatic rings. The Morgan fingerprint density at radius 3 is 2.55 bits per heavy atom. The van der Waals surface area contributed by atoms with Gasteiger partial charge < -0.3 is 15.8 Å². The van der Waals surface area contributed by atoms with Gasteiger partial charge in [0, 0.05) is 11.8 Å². The van der Waals surface area contributed by atoms with Crippen LogP contribution in [0.3, 0.4) is 0 Å². The molecule has 0 aliphatic carbocycles. The summed E-state index contributed by atoms with van der Waals surface area (Å²) < 4.78 is 31.4. The van der Waals surface area contributed by atoms with Gasteiger partial charge in [-0.1, -0.05) is 0 Å². The highest BCUT2D eigenvalue weighted by Crippen LogP contribution is 2.24. The lowest BCUT2D eigenvalue weighted by molar-refractivity contribution is 0.234. The number of pyridine rings is 1. The first-order valence-electron chi connectivity index (χ1n) is 6.11. The molecule has 20 heavy (non-hydrogen) atoms. The number of nitrogens with zero attached hydrogens (tertiary/aromatic N) is 1. The average Bonchev–Trinajstić information content (AvgIpc) is 2.37. The van der Waals surface area contributed by atoms with Crippen molar-refractivity contribution in [2.45, 2.75) is 20.0 Å². The quantitative estimate of drug-likeness (QED) is 0.899. The van der Waals surface area contributed by atoms with Crippen LogP contribution in [-0.4, -0.2) is 11.1 Å². The number of nitrogen functional groups attached to an aromatic ring is 1. The second-order valence-electron chi connectivity index (χ2n) is 4.51. The van der Waals surface area contributed by atoms with Crippen LogP contribution in [0.15, 0.2) is 30.3 Å². The van der Waals surface area contributed by atoms with E-state index >= 15 is 0 Å². The molecule has 0 saturated carbocycles. The highest BCUT2D eigenvalue weighted by atomic mass is 19.2. The highest BCUT2D eigenvalue weighted by molar-refractivity contribution is 5.60. The van der Waals surface area contributed by atoms with Gasteiger partial charge in [-0.2, -0.15) is 4.98 Å². The summed E-state index contributed by atoms with van der Waals surface area (Å²) in [5.41, 5.74) is 6.55. The number of hydrogen-bond donors (Lipinski definition) is 2. The molecule has 2 rings (SSSR count). The fourth-order valence-corrected chi connectivity index (χ4v) is 1.56. The van der Waals surface area contributed by atoms with Crippen molar-refractivity contribution in [3.8, 4) is 5.88 Å². The normalized spacial score (nSPS) is 10.7. The lowest BCUT2D eigenvalue weighted by Crippen LogP contribution is -2.09.